The predicted molar refractivity (Wildman–Crippen MR) is 126 cm³/mol. The number of phenols is 1. The number of para-hydroxylation sites is 3. The number of amides is 2. The lowest BCUT2D eigenvalue weighted by Crippen LogP contribution is -2.48. The van der Waals surface area contributed by atoms with Gasteiger partial charge in [-0.2, -0.15) is 0 Å². The highest BCUT2D eigenvalue weighted by atomic mass is 19.1. The molecular formula is C25H25FN4O3. The number of carbonyl (C=O) groups is 2. The molecule has 0 saturated carbocycles. The van der Waals surface area contributed by atoms with Gasteiger partial charge in [-0.15, -0.1) is 0 Å². The van der Waals surface area contributed by atoms with Crippen molar-refractivity contribution in [2.24, 2.45) is 0 Å². The maximum Gasteiger partial charge on any atom is 0.257 e. The van der Waals surface area contributed by atoms with E-state index < -0.39 is 5.91 Å². The molecule has 3 aromatic carbocycles. The number of piperazine rings is 1. The van der Waals surface area contributed by atoms with E-state index in [-0.39, 0.29) is 24.0 Å². The molecule has 0 unspecified atom stereocenters. The second-order valence-electron chi connectivity index (χ2n) is 7.81. The van der Waals surface area contributed by atoms with E-state index in [0.29, 0.717) is 43.1 Å². The third-order valence-corrected chi connectivity index (χ3v) is 5.51. The molecule has 2 amide bonds. The minimum absolute atomic E-state index is 0.197. The summed E-state index contributed by atoms with van der Waals surface area (Å²) in [5, 5.41) is 15.6. The Kier molecular flexibility index (Phi) is 6.85. The molecule has 170 valence electrons. The highest BCUT2D eigenvalue weighted by Crippen LogP contribution is 2.27. The first-order chi connectivity index (χ1) is 16.0. The number of benzene rings is 3. The zero-order valence-corrected chi connectivity index (χ0v) is 18.0. The van der Waals surface area contributed by atoms with Gasteiger partial charge in [0.25, 0.3) is 5.91 Å². The van der Waals surface area contributed by atoms with Gasteiger partial charge in [-0.1, -0.05) is 24.3 Å². The van der Waals surface area contributed by atoms with E-state index in [9.17, 15) is 19.1 Å². The molecule has 0 atom stereocenters. The number of halogens is 1. The maximum absolute atomic E-state index is 13.1. The summed E-state index contributed by atoms with van der Waals surface area (Å²) in [5.74, 6) is -0.747. The third-order valence-electron chi connectivity index (χ3n) is 5.51. The molecule has 7 nitrogen and oxygen atoms in total. The molecule has 1 saturated heterocycles. The van der Waals surface area contributed by atoms with E-state index in [2.05, 4.69) is 15.5 Å². The monoisotopic (exact) mass is 448 g/mol. The lowest BCUT2D eigenvalue weighted by atomic mass is 10.1. The Hall–Kier alpha value is -3.91. The Morgan fingerprint density at radius 3 is 2.24 bits per heavy atom. The molecule has 1 aliphatic heterocycles. The van der Waals surface area contributed by atoms with Gasteiger partial charge in [0.2, 0.25) is 5.91 Å². The van der Waals surface area contributed by atoms with Gasteiger partial charge in [0.05, 0.1) is 23.5 Å². The predicted octanol–water partition coefficient (Wildman–Crippen LogP) is 3.54. The number of hydrogen-bond acceptors (Lipinski definition) is 5. The number of carbonyl (C=O) groups excluding carboxylic acids is 2. The van der Waals surface area contributed by atoms with Crippen LogP contribution in [0.1, 0.15) is 10.4 Å². The molecule has 0 spiro atoms. The standard InChI is InChI=1S/C25H25FN4O3/c26-18-9-11-19(12-10-18)27-25(33)20-5-1-2-6-21(20)28-24(32)17-29-13-15-30(16-14-29)22-7-3-4-8-23(22)31/h1-12,31H,13-17H2,(H,27,33)(H,28,32). The molecule has 3 N–H and O–H groups in total. The molecule has 33 heavy (non-hydrogen) atoms. The van der Waals surface area contributed by atoms with Crippen LogP contribution in [-0.4, -0.2) is 54.5 Å². The first kappa shape index (κ1) is 22.3. The summed E-state index contributed by atoms with van der Waals surface area (Å²) in [7, 11) is 0. The number of hydrogen-bond donors (Lipinski definition) is 3. The summed E-state index contributed by atoms with van der Waals surface area (Å²) in [6.07, 6.45) is 0. The average molecular weight is 448 g/mol. The maximum atomic E-state index is 13.1. The molecule has 4 rings (SSSR count). The molecule has 1 aliphatic rings. The van der Waals surface area contributed by atoms with Crippen molar-refractivity contribution in [1.82, 2.24) is 4.90 Å². The number of nitrogens with zero attached hydrogens (tertiary/aromatic N) is 2. The largest absolute Gasteiger partial charge is 0.506 e. The van der Waals surface area contributed by atoms with Gasteiger partial charge < -0.3 is 20.6 Å². The summed E-state index contributed by atoms with van der Waals surface area (Å²) < 4.78 is 13.1. The Morgan fingerprint density at radius 2 is 1.52 bits per heavy atom. The van der Waals surface area contributed by atoms with Crippen LogP contribution >= 0.6 is 0 Å². The summed E-state index contributed by atoms with van der Waals surface area (Å²) in [6.45, 7) is 2.94. The molecule has 1 fully saturated rings. The van der Waals surface area contributed by atoms with Crippen LogP contribution < -0.4 is 15.5 Å². The van der Waals surface area contributed by atoms with Crippen LogP contribution in [-0.2, 0) is 4.79 Å². The van der Waals surface area contributed by atoms with E-state index in [1.807, 2.05) is 17.0 Å². The minimum Gasteiger partial charge on any atom is -0.506 e. The molecule has 3 aromatic rings. The van der Waals surface area contributed by atoms with Crippen LogP contribution in [0.2, 0.25) is 0 Å². The number of nitrogens with one attached hydrogen (secondary N) is 2. The van der Waals surface area contributed by atoms with Gasteiger partial charge in [-0.05, 0) is 48.5 Å². The fraction of sp³-hybridized carbons (Fsp3) is 0.200. The van der Waals surface area contributed by atoms with Crippen molar-refractivity contribution >= 4 is 28.9 Å². The van der Waals surface area contributed by atoms with Crippen LogP contribution in [0.5, 0.6) is 5.75 Å². The SMILES string of the molecule is O=C(CN1CCN(c2ccccc2O)CC1)Nc1ccccc1C(=O)Nc1ccc(F)cc1. The number of anilines is 3. The fourth-order valence-corrected chi connectivity index (χ4v) is 3.79. The van der Waals surface area contributed by atoms with Crippen LogP contribution in [0.3, 0.4) is 0 Å². The fourth-order valence-electron chi connectivity index (χ4n) is 3.79. The highest BCUT2D eigenvalue weighted by Gasteiger charge is 2.21. The van der Waals surface area contributed by atoms with Gasteiger partial charge in [-0.3, -0.25) is 14.5 Å². The first-order valence-corrected chi connectivity index (χ1v) is 10.7. The average Bonchev–Trinajstić information content (AvgIpc) is 2.82. The normalized spacial score (nSPS) is 14.0. The summed E-state index contributed by atoms with van der Waals surface area (Å²) in [6, 6.07) is 19.5. The molecule has 0 radical (unpaired) electrons. The third kappa shape index (κ3) is 5.67. The highest BCUT2D eigenvalue weighted by molar-refractivity contribution is 6.10. The van der Waals surface area contributed by atoms with Crippen molar-refractivity contribution < 1.29 is 19.1 Å². The van der Waals surface area contributed by atoms with Crippen molar-refractivity contribution in [3.63, 3.8) is 0 Å². The lowest BCUT2D eigenvalue weighted by Gasteiger charge is -2.35. The quantitative estimate of drug-likeness (QED) is 0.537. The van der Waals surface area contributed by atoms with Crippen molar-refractivity contribution in [1.29, 1.82) is 0 Å². The first-order valence-electron chi connectivity index (χ1n) is 10.7. The minimum atomic E-state index is -0.395. The molecule has 0 bridgehead atoms. The second-order valence-corrected chi connectivity index (χ2v) is 7.81. The zero-order valence-electron chi connectivity index (χ0n) is 18.0. The topological polar surface area (TPSA) is 84.9 Å². The van der Waals surface area contributed by atoms with Crippen LogP contribution in [0, 0.1) is 5.82 Å². The van der Waals surface area contributed by atoms with E-state index in [4.69, 9.17) is 0 Å². The van der Waals surface area contributed by atoms with Gasteiger partial charge >= 0.3 is 0 Å². The van der Waals surface area contributed by atoms with Crippen LogP contribution in [0.4, 0.5) is 21.5 Å². The van der Waals surface area contributed by atoms with E-state index in [1.54, 1.807) is 36.4 Å². The molecule has 0 aromatic heterocycles. The molecular weight excluding hydrogens is 423 g/mol. The molecule has 0 aliphatic carbocycles. The number of aromatic hydroxyl groups is 1. The summed E-state index contributed by atoms with van der Waals surface area (Å²) in [5.41, 5.74) is 1.99. The number of phenolic OH excluding ortho intramolecular Hbond substituents is 1. The Labute approximate surface area is 191 Å². The summed E-state index contributed by atoms with van der Waals surface area (Å²) >= 11 is 0. The van der Waals surface area contributed by atoms with Crippen molar-refractivity contribution in [3.05, 3.63) is 84.2 Å². The zero-order chi connectivity index (χ0) is 23.2. The van der Waals surface area contributed by atoms with Gasteiger partial charge in [0, 0.05) is 31.9 Å². The Morgan fingerprint density at radius 1 is 0.848 bits per heavy atom. The molecule has 1 heterocycles. The van der Waals surface area contributed by atoms with Gasteiger partial charge in [-0.25, -0.2) is 4.39 Å². The van der Waals surface area contributed by atoms with Crippen LogP contribution in [0.15, 0.2) is 72.8 Å². The van der Waals surface area contributed by atoms with Crippen molar-refractivity contribution in [2.75, 3.05) is 48.3 Å². The van der Waals surface area contributed by atoms with Crippen LogP contribution in [0.25, 0.3) is 0 Å². The van der Waals surface area contributed by atoms with E-state index >= 15 is 0 Å². The smallest absolute Gasteiger partial charge is 0.257 e. The van der Waals surface area contributed by atoms with E-state index in [1.165, 1.54) is 24.3 Å². The summed E-state index contributed by atoms with van der Waals surface area (Å²) in [4.78, 5) is 29.5. The van der Waals surface area contributed by atoms with E-state index in [0.717, 1.165) is 5.69 Å². The Balaban J connectivity index is 1.33. The molecule has 8 heteroatoms. The Bertz CT molecular complexity index is 1130. The lowest BCUT2D eigenvalue weighted by molar-refractivity contribution is -0.117. The number of rotatable bonds is 6. The van der Waals surface area contributed by atoms with Crippen molar-refractivity contribution in [2.45, 2.75) is 0 Å². The van der Waals surface area contributed by atoms with Gasteiger partial charge in [0.1, 0.15) is 11.6 Å². The van der Waals surface area contributed by atoms with Gasteiger partial charge in [0.15, 0.2) is 0 Å². The second kappa shape index (κ2) is 10.1. The van der Waals surface area contributed by atoms with Crippen molar-refractivity contribution in [3.8, 4) is 5.75 Å².